The first-order valence-electron chi connectivity index (χ1n) is 5.26. The Morgan fingerprint density at radius 2 is 1.59 bits per heavy atom. The average molecular weight is 266 g/mol. The second kappa shape index (κ2) is 5.99. The van der Waals surface area contributed by atoms with E-state index < -0.39 is 0 Å². The van der Waals surface area contributed by atoms with Crippen molar-refractivity contribution in [3.05, 3.63) is 53.6 Å². The summed E-state index contributed by atoms with van der Waals surface area (Å²) >= 11 is 1.78. The zero-order valence-electron chi connectivity index (χ0n) is 9.94. The number of benzene rings is 2. The zero-order chi connectivity index (χ0) is 11.5. The topological polar surface area (TPSA) is 26.0 Å². The second-order valence-electron chi connectivity index (χ2n) is 3.94. The number of halogens is 1. The highest BCUT2D eigenvalue weighted by atomic mass is 35.5. The Morgan fingerprint density at radius 1 is 0.941 bits per heavy atom. The van der Waals surface area contributed by atoms with Gasteiger partial charge < -0.3 is 5.73 Å². The first-order chi connectivity index (χ1) is 7.65. The van der Waals surface area contributed by atoms with E-state index in [0.29, 0.717) is 0 Å². The van der Waals surface area contributed by atoms with Gasteiger partial charge in [0.25, 0.3) is 0 Å². The van der Waals surface area contributed by atoms with E-state index in [4.69, 9.17) is 5.73 Å². The summed E-state index contributed by atoms with van der Waals surface area (Å²) < 4.78 is 0. The highest BCUT2D eigenvalue weighted by molar-refractivity contribution is 7.99. The predicted octanol–water partition coefficient (Wildman–Crippen LogP) is 4.46. The van der Waals surface area contributed by atoms with Gasteiger partial charge in [0.15, 0.2) is 0 Å². The molecule has 2 rings (SSSR count). The molecular weight excluding hydrogens is 250 g/mol. The summed E-state index contributed by atoms with van der Waals surface area (Å²) in [5, 5.41) is 0. The monoisotopic (exact) mass is 265 g/mol. The molecule has 17 heavy (non-hydrogen) atoms. The van der Waals surface area contributed by atoms with Gasteiger partial charge in [0, 0.05) is 15.5 Å². The van der Waals surface area contributed by atoms with E-state index in [0.717, 1.165) is 5.69 Å². The predicted molar refractivity (Wildman–Crippen MR) is 78.1 cm³/mol. The molecule has 0 aliphatic heterocycles. The first-order valence-corrected chi connectivity index (χ1v) is 6.07. The third-order valence-corrected chi connectivity index (χ3v) is 3.62. The minimum absolute atomic E-state index is 0. The van der Waals surface area contributed by atoms with Crippen LogP contribution in [0.2, 0.25) is 0 Å². The lowest BCUT2D eigenvalue weighted by molar-refractivity contribution is 1.25. The van der Waals surface area contributed by atoms with E-state index in [1.165, 1.54) is 20.9 Å². The smallest absolute Gasteiger partial charge is 0.0314 e. The molecule has 0 amide bonds. The lowest BCUT2D eigenvalue weighted by Gasteiger charge is -2.06. The molecule has 0 saturated carbocycles. The molecule has 1 nitrogen and oxygen atoms in total. The van der Waals surface area contributed by atoms with Gasteiger partial charge >= 0.3 is 0 Å². The van der Waals surface area contributed by atoms with Crippen LogP contribution in [0, 0.1) is 13.8 Å². The molecule has 0 aliphatic rings. The molecule has 0 radical (unpaired) electrons. The first kappa shape index (κ1) is 13.9. The number of anilines is 1. The normalized spacial score (nSPS) is 9.76. The van der Waals surface area contributed by atoms with Gasteiger partial charge in [-0.1, -0.05) is 23.9 Å². The minimum Gasteiger partial charge on any atom is -0.399 e. The summed E-state index contributed by atoms with van der Waals surface area (Å²) in [6.45, 7) is 4.26. The fraction of sp³-hybridized carbons (Fsp3) is 0.143. The Bertz CT molecular complexity index is 494. The number of nitrogen functional groups attached to an aromatic ring is 1. The highest BCUT2D eigenvalue weighted by Gasteiger charge is 2.01. The molecule has 0 aliphatic carbocycles. The Balaban J connectivity index is 0.00000144. The zero-order valence-corrected chi connectivity index (χ0v) is 11.6. The van der Waals surface area contributed by atoms with Crippen molar-refractivity contribution in [1.82, 2.24) is 0 Å². The van der Waals surface area contributed by atoms with Gasteiger partial charge in [0.05, 0.1) is 0 Å². The highest BCUT2D eigenvalue weighted by Crippen LogP contribution is 2.31. The van der Waals surface area contributed by atoms with Gasteiger partial charge in [-0.3, -0.25) is 0 Å². The SMILES string of the molecule is Cc1ccc(C)c(Sc2ccc(N)cc2)c1.Cl. The summed E-state index contributed by atoms with van der Waals surface area (Å²) in [5.41, 5.74) is 9.08. The number of nitrogens with two attached hydrogens (primary N) is 1. The van der Waals surface area contributed by atoms with E-state index >= 15 is 0 Å². The van der Waals surface area contributed by atoms with Crippen LogP contribution in [0.15, 0.2) is 52.3 Å². The maximum absolute atomic E-state index is 5.66. The van der Waals surface area contributed by atoms with Gasteiger partial charge in [-0.05, 0) is 55.3 Å². The van der Waals surface area contributed by atoms with Crippen LogP contribution in [0.1, 0.15) is 11.1 Å². The number of rotatable bonds is 2. The summed E-state index contributed by atoms with van der Waals surface area (Å²) in [4.78, 5) is 2.53. The lowest BCUT2D eigenvalue weighted by atomic mass is 10.2. The Labute approximate surface area is 113 Å². The van der Waals surface area contributed by atoms with E-state index in [9.17, 15) is 0 Å². The largest absolute Gasteiger partial charge is 0.399 e. The van der Waals surface area contributed by atoms with Crippen molar-refractivity contribution in [3.63, 3.8) is 0 Å². The number of hydrogen-bond acceptors (Lipinski definition) is 2. The molecule has 0 unspecified atom stereocenters. The Kier molecular flexibility index (Phi) is 4.91. The molecule has 3 heteroatoms. The van der Waals surface area contributed by atoms with Crippen LogP contribution < -0.4 is 5.73 Å². The summed E-state index contributed by atoms with van der Waals surface area (Å²) in [7, 11) is 0. The third-order valence-electron chi connectivity index (χ3n) is 2.45. The summed E-state index contributed by atoms with van der Waals surface area (Å²) in [6.07, 6.45) is 0. The molecule has 2 aromatic carbocycles. The maximum Gasteiger partial charge on any atom is 0.0314 e. The molecule has 90 valence electrons. The van der Waals surface area contributed by atoms with E-state index in [2.05, 4.69) is 44.2 Å². The van der Waals surface area contributed by atoms with Crippen molar-refractivity contribution >= 4 is 29.9 Å². The minimum atomic E-state index is 0. The quantitative estimate of drug-likeness (QED) is 0.812. The Hall–Kier alpha value is -1.12. The molecule has 0 spiro atoms. The van der Waals surface area contributed by atoms with Crippen molar-refractivity contribution < 1.29 is 0 Å². The molecule has 2 aromatic rings. The van der Waals surface area contributed by atoms with Crippen LogP contribution in [-0.4, -0.2) is 0 Å². The van der Waals surface area contributed by atoms with Gasteiger partial charge in [-0.2, -0.15) is 0 Å². The van der Waals surface area contributed by atoms with Crippen LogP contribution in [-0.2, 0) is 0 Å². The van der Waals surface area contributed by atoms with E-state index in [-0.39, 0.29) is 12.4 Å². The van der Waals surface area contributed by atoms with Crippen molar-refractivity contribution in [2.24, 2.45) is 0 Å². The molecule has 0 aromatic heterocycles. The number of hydrogen-bond donors (Lipinski definition) is 1. The summed E-state index contributed by atoms with van der Waals surface area (Å²) in [5.74, 6) is 0. The van der Waals surface area contributed by atoms with Gasteiger partial charge in [0.1, 0.15) is 0 Å². The van der Waals surface area contributed by atoms with Crippen LogP contribution in [0.4, 0.5) is 5.69 Å². The van der Waals surface area contributed by atoms with Crippen LogP contribution in [0.25, 0.3) is 0 Å². The van der Waals surface area contributed by atoms with E-state index in [1.807, 2.05) is 12.1 Å². The van der Waals surface area contributed by atoms with Gasteiger partial charge in [-0.15, -0.1) is 12.4 Å². The molecule has 0 saturated heterocycles. The standard InChI is InChI=1S/C14H15NS.ClH/c1-10-3-4-11(2)14(9-10)16-13-7-5-12(15)6-8-13;/h3-9H,15H2,1-2H3;1H. The van der Waals surface area contributed by atoms with Crippen LogP contribution in [0.3, 0.4) is 0 Å². The van der Waals surface area contributed by atoms with Gasteiger partial charge in [0.2, 0.25) is 0 Å². The summed E-state index contributed by atoms with van der Waals surface area (Å²) in [6, 6.07) is 14.5. The molecular formula is C14H16ClNS. The third kappa shape index (κ3) is 3.69. The van der Waals surface area contributed by atoms with Gasteiger partial charge in [-0.25, -0.2) is 0 Å². The molecule has 0 bridgehead atoms. The Morgan fingerprint density at radius 3 is 2.24 bits per heavy atom. The fourth-order valence-corrected chi connectivity index (χ4v) is 2.48. The maximum atomic E-state index is 5.66. The van der Waals surface area contributed by atoms with Crippen molar-refractivity contribution in [3.8, 4) is 0 Å². The van der Waals surface area contributed by atoms with Crippen molar-refractivity contribution in [1.29, 1.82) is 0 Å². The number of aryl methyl sites for hydroxylation is 2. The lowest BCUT2D eigenvalue weighted by Crippen LogP contribution is -1.84. The van der Waals surface area contributed by atoms with Crippen molar-refractivity contribution in [2.75, 3.05) is 5.73 Å². The molecule has 0 heterocycles. The second-order valence-corrected chi connectivity index (χ2v) is 5.06. The fourth-order valence-electron chi connectivity index (χ4n) is 1.48. The van der Waals surface area contributed by atoms with Crippen LogP contribution >= 0.6 is 24.2 Å². The van der Waals surface area contributed by atoms with E-state index in [1.54, 1.807) is 11.8 Å². The molecule has 2 N–H and O–H groups in total. The average Bonchev–Trinajstić information content (AvgIpc) is 2.27. The molecule has 0 fully saturated rings. The van der Waals surface area contributed by atoms with Crippen molar-refractivity contribution in [2.45, 2.75) is 23.6 Å². The molecule has 0 atom stereocenters. The van der Waals surface area contributed by atoms with Crippen LogP contribution in [0.5, 0.6) is 0 Å².